The van der Waals surface area contributed by atoms with Crippen molar-refractivity contribution in [1.82, 2.24) is 5.43 Å². The van der Waals surface area contributed by atoms with Gasteiger partial charge in [-0.3, -0.25) is 5.84 Å². The summed E-state index contributed by atoms with van der Waals surface area (Å²) in [5, 5.41) is 2.81. The average molecular weight is 253 g/mol. The first kappa shape index (κ1) is 11.6. The summed E-state index contributed by atoms with van der Waals surface area (Å²) in [4.78, 5) is 1.24. The molecular formula is C12H13ClN2S. The van der Waals surface area contributed by atoms with Crippen LogP contribution >= 0.6 is 22.9 Å². The van der Waals surface area contributed by atoms with E-state index < -0.39 is 0 Å². The molecule has 0 saturated carbocycles. The van der Waals surface area contributed by atoms with Crippen molar-refractivity contribution in [2.24, 2.45) is 5.84 Å². The Morgan fingerprint density at radius 2 is 1.94 bits per heavy atom. The molecule has 0 bridgehead atoms. The molecule has 1 heterocycles. The summed E-state index contributed by atoms with van der Waals surface area (Å²) in [5.74, 6) is 5.63. The Balaban J connectivity index is 2.37. The fourth-order valence-electron chi connectivity index (χ4n) is 1.66. The summed E-state index contributed by atoms with van der Waals surface area (Å²) in [6, 6.07) is 9.88. The fourth-order valence-corrected chi connectivity index (χ4v) is 2.80. The molecule has 2 rings (SSSR count). The van der Waals surface area contributed by atoms with Gasteiger partial charge in [-0.15, -0.1) is 11.3 Å². The quantitative estimate of drug-likeness (QED) is 0.650. The van der Waals surface area contributed by atoms with E-state index in [1.807, 2.05) is 24.3 Å². The maximum Gasteiger partial charge on any atom is 0.0805 e. The highest BCUT2D eigenvalue weighted by Gasteiger charge is 2.15. The van der Waals surface area contributed by atoms with Crippen molar-refractivity contribution in [3.8, 4) is 0 Å². The van der Waals surface area contributed by atoms with Crippen LogP contribution in [0.25, 0.3) is 0 Å². The van der Waals surface area contributed by atoms with Gasteiger partial charge in [0.2, 0.25) is 0 Å². The van der Waals surface area contributed by atoms with E-state index in [9.17, 15) is 0 Å². The lowest BCUT2D eigenvalue weighted by Gasteiger charge is -2.16. The molecule has 0 aliphatic carbocycles. The zero-order valence-corrected chi connectivity index (χ0v) is 10.5. The summed E-state index contributed by atoms with van der Waals surface area (Å²) < 4.78 is 0. The van der Waals surface area contributed by atoms with E-state index in [4.69, 9.17) is 17.4 Å². The lowest BCUT2D eigenvalue weighted by Crippen LogP contribution is -2.28. The third-order valence-electron chi connectivity index (χ3n) is 2.53. The van der Waals surface area contributed by atoms with E-state index >= 15 is 0 Å². The van der Waals surface area contributed by atoms with Gasteiger partial charge in [0.05, 0.1) is 6.04 Å². The third-order valence-corrected chi connectivity index (χ3v) is 3.87. The van der Waals surface area contributed by atoms with Gasteiger partial charge in [0.15, 0.2) is 0 Å². The highest BCUT2D eigenvalue weighted by atomic mass is 35.5. The highest BCUT2D eigenvalue weighted by Crippen LogP contribution is 2.29. The molecule has 2 aromatic rings. The lowest BCUT2D eigenvalue weighted by molar-refractivity contribution is 0.644. The number of halogens is 1. The predicted octanol–water partition coefficient (Wildman–Crippen LogP) is 3.26. The van der Waals surface area contributed by atoms with Crippen molar-refractivity contribution >= 4 is 22.9 Å². The number of thiophene rings is 1. The Labute approximate surface area is 104 Å². The molecule has 1 aromatic carbocycles. The normalized spacial score (nSPS) is 12.7. The van der Waals surface area contributed by atoms with Crippen LogP contribution in [0.2, 0.25) is 5.02 Å². The van der Waals surface area contributed by atoms with Gasteiger partial charge in [-0.2, -0.15) is 0 Å². The number of hydrogen-bond donors (Lipinski definition) is 2. The minimum Gasteiger partial charge on any atom is -0.271 e. The van der Waals surface area contributed by atoms with Crippen molar-refractivity contribution < 1.29 is 0 Å². The molecule has 1 unspecified atom stereocenters. The first-order chi connectivity index (χ1) is 7.72. The summed E-state index contributed by atoms with van der Waals surface area (Å²) in [7, 11) is 0. The van der Waals surface area contributed by atoms with E-state index in [-0.39, 0.29) is 6.04 Å². The summed E-state index contributed by atoms with van der Waals surface area (Å²) in [6.45, 7) is 2.09. The highest BCUT2D eigenvalue weighted by molar-refractivity contribution is 7.10. The lowest BCUT2D eigenvalue weighted by atomic mass is 10.0. The predicted molar refractivity (Wildman–Crippen MR) is 69.7 cm³/mol. The number of nitrogens with two attached hydrogens (primary N) is 1. The molecule has 0 aliphatic heterocycles. The Morgan fingerprint density at radius 3 is 2.44 bits per heavy atom. The van der Waals surface area contributed by atoms with Gasteiger partial charge in [-0.25, -0.2) is 5.43 Å². The Bertz CT molecular complexity index is 464. The van der Waals surface area contributed by atoms with Crippen molar-refractivity contribution in [3.05, 3.63) is 56.7 Å². The molecule has 1 atom stereocenters. The first-order valence-electron chi connectivity index (χ1n) is 4.98. The van der Waals surface area contributed by atoms with E-state index in [0.29, 0.717) is 0 Å². The summed E-state index contributed by atoms with van der Waals surface area (Å²) in [6.07, 6.45) is 0. The van der Waals surface area contributed by atoms with Crippen LogP contribution < -0.4 is 11.3 Å². The topological polar surface area (TPSA) is 38.0 Å². The fraction of sp³-hybridized carbons (Fsp3) is 0.167. The van der Waals surface area contributed by atoms with Crippen LogP contribution in [0.3, 0.4) is 0 Å². The van der Waals surface area contributed by atoms with E-state index in [0.717, 1.165) is 10.6 Å². The monoisotopic (exact) mass is 252 g/mol. The molecule has 2 nitrogen and oxygen atoms in total. The second-order valence-corrected chi connectivity index (χ2v) is 5.00. The molecule has 16 heavy (non-hydrogen) atoms. The molecule has 3 N–H and O–H groups in total. The van der Waals surface area contributed by atoms with Crippen molar-refractivity contribution in [2.75, 3.05) is 0 Å². The Morgan fingerprint density at radius 1 is 1.25 bits per heavy atom. The summed E-state index contributed by atoms with van der Waals surface area (Å²) in [5.41, 5.74) is 5.22. The SMILES string of the molecule is Cc1ccsc1C(NN)c1ccc(Cl)cc1. The zero-order valence-electron chi connectivity index (χ0n) is 8.91. The van der Waals surface area contributed by atoms with E-state index in [1.54, 1.807) is 11.3 Å². The molecule has 1 aromatic heterocycles. The number of nitrogens with one attached hydrogen (secondary N) is 1. The van der Waals surface area contributed by atoms with Crippen LogP contribution in [-0.2, 0) is 0 Å². The second-order valence-electron chi connectivity index (χ2n) is 3.62. The molecule has 84 valence electrons. The van der Waals surface area contributed by atoms with Gasteiger partial charge in [-0.05, 0) is 41.6 Å². The van der Waals surface area contributed by atoms with Gasteiger partial charge in [0.25, 0.3) is 0 Å². The second kappa shape index (κ2) is 4.97. The molecule has 0 fully saturated rings. The van der Waals surface area contributed by atoms with E-state index in [1.165, 1.54) is 10.4 Å². The zero-order chi connectivity index (χ0) is 11.5. The van der Waals surface area contributed by atoms with Gasteiger partial charge in [-0.1, -0.05) is 23.7 Å². The molecule has 0 spiro atoms. The van der Waals surface area contributed by atoms with Gasteiger partial charge >= 0.3 is 0 Å². The van der Waals surface area contributed by atoms with Crippen molar-refractivity contribution in [2.45, 2.75) is 13.0 Å². The van der Waals surface area contributed by atoms with Crippen molar-refractivity contribution in [3.63, 3.8) is 0 Å². The standard InChI is InChI=1S/C12H13ClN2S/c1-8-6-7-16-12(8)11(15-14)9-2-4-10(13)5-3-9/h2-7,11,15H,14H2,1H3. The van der Waals surface area contributed by atoms with Crippen LogP contribution in [0.15, 0.2) is 35.7 Å². The number of rotatable bonds is 3. The molecular weight excluding hydrogens is 240 g/mol. The number of aryl methyl sites for hydroxylation is 1. The van der Waals surface area contributed by atoms with Gasteiger partial charge in [0.1, 0.15) is 0 Å². The van der Waals surface area contributed by atoms with Gasteiger partial charge in [0, 0.05) is 9.90 Å². The van der Waals surface area contributed by atoms with Crippen LogP contribution in [0.5, 0.6) is 0 Å². The number of hydrogen-bond acceptors (Lipinski definition) is 3. The van der Waals surface area contributed by atoms with E-state index in [2.05, 4.69) is 23.8 Å². The van der Waals surface area contributed by atoms with Crippen LogP contribution in [-0.4, -0.2) is 0 Å². The van der Waals surface area contributed by atoms with Crippen LogP contribution in [0, 0.1) is 6.92 Å². The smallest absolute Gasteiger partial charge is 0.0805 e. The maximum atomic E-state index is 5.87. The number of hydrazine groups is 1. The molecule has 4 heteroatoms. The molecule has 0 aliphatic rings. The third kappa shape index (κ3) is 2.28. The van der Waals surface area contributed by atoms with Gasteiger partial charge < -0.3 is 0 Å². The van der Waals surface area contributed by atoms with Crippen LogP contribution in [0.1, 0.15) is 22.0 Å². The molecule has 0 amide bonds. The summed E-state index contributed by atoms with van der Waals surface area (Å²) >= 11 is 7.57. The van der Waals surface area contributed by atoms with Crippen molar-refractivity contribution in [1.29, 1.82) is 0 Å². The minimum absolute atomic E-state index is 0.0391. The first-order valence-corrected chi connectivity index (χ1v) is 6.23. The van der Waals surface area contributed by atoms with Crippen LogP contribution in [0.4, 0.5) is 0 Å². The average Bonchev–Trinajstić information content (AvgIpc) is 2.69. The maximum absolute atomic E-state index is 5.87. The minimum atomic E-state index is 0.0391. The Kier molecular flexibility index (Phi) is 3.61. The molecule has 0 saturated heterocycles. The Hall–Kier alpha value is -0.870. The molecule has 0 radical (unpaired) electrons. The largest absolute Gasteiger partial charge is 0.271 e. The number of benzene rings is 1.